The summed E-state index contributed by atoms with van der Waals surface area (Å²) >= 11 is 7.24. The molecule has 2 aromatic carbocycles. The van der Waals surface area contributed by atoms with Crippen LogP contribution in [0, 0.1) is 5.82 Å². The van der Waals surface area contributed by atoms with Gasteiger partial charge < -0.3 is 9.72 Å². The van der Waals surface area contributed by atoms with Gasteiger partial charge in [0.1, 0.15) is 11.6 Å². The second-order valence-corrected chi connectivity index (χ2v) is 6.52. The SMILES string of the molecule is COc1ccc(-c2cc(=O)[nH]c(SCc3c(F)cccc3Cl)n2)cc1. The molecule has 0 aliphatic rings. The summed E-state index contributed by atoms with van der Waals surface area (Å²) in [6, 6.07) is 13.2. The third-order valence-electron chi connectivity index (χ3n) is 3.52. The van der Waals surface area contributed by atoms with E-state index in [0.29, 0.717) is 21.4 Å². The van der Waals surface area contributed by atoms with Crippen molar-refractivity contribution < 1.29 is 9.13 Å². The van der Waals surface area contributed by atoms with Crippen molar-refractivity contribution in [2.45, 2.75) is 10.9 Å². The summed E-state index contributed by atoms with van der Waals surface area (Å²) in [6.45, 7) is 0. The molecular formula is C18H14ClFN2O2S. The number of aromatic nitrogens is 2. The molecule has 0 fully saturated rings. The summed E-state index contributed by atoms with van der Waals surface area (Å²) < 4.78 is 19.0. The van der Waals surface area contributed by atoms with Crippen molar-refractivity contribution in [1.29, 1.82) is 0 Å². The topological polar surface area (TPSA) is 55.0 Å². The maximum atomic E-state index is 13.8. The number of thioether (sulfide) groups is 1. The summed E-state index contributed by atoms with van der Waals surface area (Å²) in [4.78, 5) is 19.0. The molecule has 0 atom stereocenters. The zero-order valence-corrected chi connectivity index (χ0v) is 14.8. The number of ether oxygens (including phenoxy) is 1. The van der Waals surface area contributed by atoms with E-state index in [1.54, 1.807) is 31.4 Å². The van der Waals surface area contributed by atoms with Crippen LogP contribution in [0.5, 0.6) is 5.75 Å². The highest BCUT2D eigenvalue weighted by Crippen LogP contribution is 2.27. The summed E-state index contributed by atoms with van der Waals surface area (Å²) in [7, 11) is 1.59. The van der Waals surface area contributed by atoms with Gasteiger partial charge in [0.25, 0.3) is 5.56 Å². The fraction of sp³-hybridized carbons (Fsp3) is 0.111. The van der Waals surface area contributed by atoms with Crippen LogP contribution in [0.25, 0.3) is 11.3 Å². The van der Waals surface area contributed by atoms with Gasteiger partial charge in [-0.1, -0.05) is 29.4 Å². The number of nitrogens with zero attached hydrogens (tertiary/aromatic N) is 1. The van der Waals surface area contributed by atoms with Crippen LogP contribution in [0.3, 0.4) is 0 Å². The lowest BCUT2D eigenvalue weighted by Crippen LogP contribution is -2.08. The maximum absolute atomic E-state index is 13.8. The highest BCUT2D eigenvalue weighted by molar-refractivity contribution is 7.98. The predicted molar refractivity (Wildman–Crippen MR) is 97.8 cm³/mol. The first-order valence-electron chi connectivity index (χ1n) is 7.38. The Hall–Kier alpha value is -2.31. The molecule has 1 heterocycles. The second kappa shape index (κ2) is 7.72. The number of nitrogens with one attached hydrogen (secondary N) is 1. The largest absolute Gasteiger partial charge is 0.497 e. The van der Waals surface area contributed by atoms with E-state index in [9.17, 15) is 9.18 Å². The fourth-order valence-electron chi connectivity index (χ4n) is 2.22. The number of rotatable bonds is 5. The van der Waals surface area contributed by atoms with Crippen LogP contribution in [0.1, 0.15) is 5.56 Å². The molecule has 0 amide bonds. The van der Waals surface area contributed by atoms with Crippen LogP contribution in [-0.2, 0) is 5.75 Å². The van der Waals surface area contributed by atoms with Crippen LogP contribution in [0.4, 0.5) is 4.39 Å². The van der Waals surface area contributed by atoms with Crippen LogP contribution in [-0.4, -0.2) is 17.1 Å². The molecule has 1 aromatic heterocycles. The first kappa shape index (κ1) is 17.5. The minimum absolute atomic E-state index is 0.264. The molecule has 0 aliphatic carbocycles. The third kappa shape index (κ3) is 4.21. The molecule has 0 saturated carbocycles. The van der Waals surface area contributed by atoms with Gasteiger partial charge in [0, 0.05) is 28.0 Å². The molecule has 25 heavy (non-hydrogen) atoms. The molecule has 0 spiro atoms. The van der Waals surface area contributed by atoms with E-state index in [2.05, 4.69) is 9.97 Å². The lowest BCUT2D eigenvalue weighted by Gasteiger charge is -2.07. The maximum Gasteiger partial charge on any atom is 0.252 e. The number of methoxy groups -OCH3 is 1. The number of hydrogen-bond donors (Lipinski definition) is 1. The molecule has 7 heteroatoms. The Morgan fingerprint density at radius 1 is 1.24 bits per heavy atom. The van der Waals surface area contributed by atoms with Crippen molar-refractivity contribution in [3.05, 3.63) is 75.3 Å². The summed E-state index contributed by atoms with van der Waals surface area (Å²) in [5.74, 6) is 0.603. The van der Waals surface area contributed by atoms with Crippen molar-refractivity contribution in [2.75, 3.05) is 7.11 Å². The number of aromatic amines is 1. The zero-order chi connectivity index (χ0) is 17.8. The first-order chi connectivity index (χ1) is 12.1. The molecule has 4 nitrogen and oxygen atoms in total. The number of H-pyrrole nitrogens is 1. The normalized spacial score (nSPS) is 10.7. The van der Waals surface area contributed by atoms with Gasteiger partial charge in [-0.05, 0) is 36.4 Å². The molecule has 0 bridgehead atoms. The minimum atomic E-state index is -0.381. The van der Waals surface area contributed by atoms with E-state index in [1.807, 2.05) is 12.1 Å². The van der Waals surface area contributed by atoms with Gasteiger partial charge in [0.2, 0.25) is 0 Å². The van der Waals surface area contributed by atoms with Crippen molar-refractivity contribution in [2.24, 2.45) is 0 Å². The molecule has 0 saturated heterocycles. The van der Waals surface area contributed by atoms with Gasteiger partial charge in [0.05, 0.1) is 12.8 Å². The van der Waals surface area contributed by atoms with Gasteiger partial charge in [-0.15, -0.1) is 0 Å². The predicted octanol–water partition coefficient (Wildman–Crippen LogP) is 4.53. The monoisotopic (exact) mass is 376 g/mol. The number of benzene rings is 2. The number of halogens is 2. The van der Waals surface area contributed by atoms with Gasteiger partial charge in [-0.3, -0.25) is 4.79 Å². The average molecular weight is 377 g/mol. The van der Waals surface area contributed by atoms with Crippen LogP contribution in [0.2, 0.25) is 5.02 Å². The molecule has 3 rings (SSSR count). The van der Waals surface area contributed by atoms with Gasteiger partial charge in [0.15, 0.2) is 5.16 Å². The van der Waals surface area contributed by atoms with Crippen LogP contribution >= 0.6 is 23.4 Å². The Labute approximate surface area is 153 Å². The van der Waals surface area contributed by atoms with E-state index in [1.165, 1.54) is 23.9 Å². The van der Waals surface area contributed by atoms with Crippen LogP contribution < -0.4 is 10.3 Å². The Bertz CT molecular complexity index is 924. The summed E-state index contributed by atoms with van der Waals surface area (Å²) in [5, 5.41) is 0.749. The molecule has 0 radical (unpaired) electrons. The van der Waals surface area contributed by atoms with Crippen molar-refractivity contribution in [3.63, 3.8) is 0 Å². The van der Waals surface area contributed by atoms with Crippen molar-refractivity contribution >= 4 is 23.4 Å². The lowest BCUT2D eigenvalue weighted by molar-refractivity contribution is 0.415. The first-order valence-corrected chi connectivity index (χ1v) is 8.74. The van der Waals surface area contributed by atoms with E-state index in [-0.39, 0.29) is 17.1 Å². The molecule has 1 N–H and O–H groups in total. The van der Waals surface area contributed by atoms with E-state index in [0.717, 1.165) is 11.3 Å². The fourth-order valence-corrected chi connectivity index (χ4v) is 3.44. The third-order valence-corrected chi connectivity index (χ3v) is 4.77. The zero-order valence-electron chi connectivity index (χ0n) is 13.3. The summed E-state index contributed by atoms with van der Waals surface area (Å²) in [5.41, 5.74) is 1.43. The minimum Gasteiger partial charge on any atom is -0.497 e. The summed E-state index contributed by atoms with van der Waals surface area (Å²) in [6.07, 6.45) is 0. The Morgan fingerprint density at radius 2 is 2.00 bits per heavy atom. The average Bonchev–Trinajstić information content (AvgIpc) is 2.61. The van der Waals surface area contributed by atoms with Crippen molar-refractivity contribution in [3.8, 4) is 17.0 Å². The molecule has 0 unspecified atom stereocenters. The van der Waals surface area contributed by atoms with E-state index < -0.39 is 0 Å². The highest BCUT2D eigenvalue weighted by atomic mass is 35.5. The van der Waals surface area contributed by atoms with Gasteiger partial charge in [-0.2, -0.15) is 0 Å². The van der Waals surface area contributed by atoms with Crippen molar-refractivity contribution in [1.82, 2.24) is 9.97 Å². The Kier molecular flexibility index (Phi) is 5.40. The molecule has 0 aliphatic heterocycles. The smallest absolute Gasteiger partial charge is 0.252 e. The molecule has 128 valence electrons. The standard InChI is InChI=1S/C18H14ClFN2O2S/c1-24-12-7-5-11(6-8-12)16-9-17(23)22-18(21-16)25-10-13-14(19)3-2-4-15(13)20/h2-9H,10H2,1H3,(H,21,22,23). The molecular weight excluding hydrogens is 363 g/mol. The van der Waals surface area contributed by atoms with Gasteiger partial charge >= 0.3 is 0 Å². The Morgan fingerprint density at radius 3 is 2.68 bits per heavy atom. The lowest BCUT2D eigenvalue weighted by atomic mass is 10.1. The second-order valence-electron chi connectivity index (χ2n) is 5.15. The van der Waals surface area contributed by atoms with Crippen LogP contribution in [0.15, 0.2) is 58.5 Å². The quantitative estimate of drug-likeness (QED) is 0.525. The van der Waals surface area contributed by atoms with E-state index >= 15 is 0 Å². The molecule has 3 aromatic rings. The highest BCUT2D eigenvalue weighted by Gasteiger charge is 2.10. The number of hydrogen-bond acceptors (Lipinski definition) is 4. The van der Waals surface area contributed by atoms with E-state index in [4.69, 9.17) is 16.3 Å². The Balaban J connectivity index is 1.85. The van der Waals surface area contributed by atoms with Gasteiger partial charge in [-0.25, -0.2) is 9.37 Å².